The van der Waals surface area contributed by atoms with Gasteiger partial charge in [0.05, 0.1) is 5.56 Å². The molecule has 0 aromatic heterocycles. The Balaban J connectivity index is 2.08. The van der Waals surface area contributed by atoms with E-state index in [0.717, 1.165) is 17.9 Å². The van der Waals surface area contributed by atoms with Crippen molar-refractivity contribution in [3.05, 3.63) is 34.9 Å². The van der Waals surface area contributed by atoms with E-state index < -0.39 is 0 Å². The highest BCUT2D eigenvalue weighted by molar-refractivity contribution is 7.99. The van der Waals surface area contributed by atoms with E-state index >= 15 is 0 Å². The molecule has 1 aliphatic heterocycles. The Morgan fingerprint density at radius 2 is 2.40 bits per heavy atom. The van der Waals surface area contributed by atoms with Crippen molar-refractivity contribution < 1.29 is 9.90 Å². The molecule has 0 bridgehead atoms. The smallest absolute Gasteiger partial charge is 0.252 e. The van der Waals surface area contributed by atoms with E-state index in [0.29, 0.717) is 17.0 Å². The highest BCUT2D eigenvalue weighted by Crippen LogP contribution is 2.22. The van der Waals surface area contributed by atoms with Gasteiger partial charge in [-0.25, -0.2) is 0 Å². The molecule has 1 atom stereocenters. The Hall–Kier alpha value is -1.44. The summed E-state index contributed by atoms with van der Waals surface area (Å²) >= 11 is 1.94. The standard InChI is InChI=1S/C16H19NO2S/c1-12-4-5-14(3-2-7-18)15(9-12)16(19)17-10-13-6-8-20-11-13/h4-5,9,13,18H,6-8,10-11H2,1H3,(H,17,19). The zero-order chi connectivity index (χ0) is 14.4. The molecule has 0 aliphatic carbocycles. The Bertz CT molecular complexity index is 539. The van der Waals surface area contributed by atoms with Crippen LogP contribution < -0.4 is 5.32 Å². The van der Waals surface area contributed by atoms with Gasteiger partial charge in [-0.1, -0.05) is 23.5 Å². The third-order valence-electron chi connectivity index (χ3n) is 3.30. The van der Waals surface area contributed by atoms with Crippen molar-refractivity contribution in [2.75, 3.05) is 24.7 Å². The molecule has 3 nitrogen and oxygen atoms in total. The van der Waals surface area contributed by atoms with Gasteiger partial charge in [-0.2, -0.15) is 11.8 Å². The lowest BCUT2D eigenvalue weighted by atomic mass is 10.0. The molecule has 106 valence electrons. The van der Waals surface area contributed by atoms with Crippen LogP contribution in [0, 0.1) is 24.7 Å². The summed E-state index contributed by atoms with van der Waals surface area (Å²) in [7, 11) is 0. The number of hydrogen-bond acceptors (Lipinski definition) is 3. The summed E-state index contributed by atoms with van der Waals surface area (Å²) in [6.45, 7) is 2.48. The van der Waals surface area contributed by atoms with Gasteiger partial charge in [0.25, 0.3) is 5.91 Å². The van der Waals surface area contributed by atoms with Crippen LogP contribution in [-0.4, -0.2) is 35.7 Å². The predicted molar refractivity (Wildman–Crippen MR) is 82.9 cm³/mol. The molecule has 1 fully saturated rings. The summed E-state index contributed by atoms with van der Waals surface area (Å²) in [5, 5.41) is 11.8. The zero-order valence-corrected chi connectivity index (χ0v) is 12.4. The number of aliphatic hydroxyl groups excluding tert-OH is 1. The Morgan fingerprint density at radius 3 is 3.10 bits per heavy atom. The van der Waals surface area contributed by atoms with Crippen molar-refractivity contribution >= 4 is 17.7 Å². The first-order valence-electron chi connectivity index (χ1n) is 6.77. The first-order valence-corrected chi connectivity index (χ1v) is 7.92. The molecule has 0 spiro atoms. The van der Waals surface area contributed by atoms with Crippen LogP contribution in [0.5, 0.6) is 0 Å². The quantitative estimate of drug-likeness (QED) is 0.835. The van der Waals surface area contributed by atoms with Crippen LogP contribution in [0.15, 0.2) is 18.2 Å². The van der Waals surface area contributed by atoms with Gasteiger partial charge in [-0.05, 0) is 42.9 Å². The van der Waals surface area contributed by atoms with Crippen LogP contribution in [-0.2, 0) is 0 Å². The molecule has 0 saturated carbocycles. The molecule has 1 aromatic rings. The lowest BCUT2D eigenvalue weighted by Gasteiger charge is -2.11. The number of carbonyl (C=O) groups excluding carboxylic acids is 1. The number of aryl methyl sites for hydroxylation is 1. The van der Waals surface area contributed by atoms with E-state index in [4.69, 9.17) is 5.11 Å². The van der Waals surface area contributed by atoms with Crippen molar-refractivity contribution in [1.29, 1.82) is 0 Å². The number of thioether (sulfide) groups is 1. The molecule has 1 amide bonds. The topological polar surface area (TPSA) is 49.3 Å². The molecule has 1 saturated heterocycles. The van der Waals surface area contributed by atoms with E-state index in [9.17, 15) is 4.79 Å². The summed E-state index contributed by atoms with van der Waals surface area (Å²) in [6, 6.07) is 5.60. The van der Waals surface area contributed by atoms with Crippen LogP contribution in [0.25, 0.3) is 0 Å². The van der Waals surface area contributed by atoms with E-state index in [1.54, 1.807) is 0 Å². The SMILES string of the molecule is Cc1ccc(C#CCO)c(C(=O)NCC2CCSC2)c1. The van der Waals surface area contributed by atoms with E-state index in [2.05, 4.69) is 17.2 Å². The molecule has 0 radical (unpaired) electrons. The number of aliphatic hydroxyl groups is 1. The molecule has 2 N–H and O–H groups in total. The third-order valence-corrected chi connectivity index (χ3v) is 4.53. The minimum Gasteiger partial charge on any atom is -0.384 e. The monoisotopic (exact) mass is 289 g/mol. The van der Waals surface area contributed by atoms with Gasteiger partial charge < -0.3 is 10.4 Å². The fourth-order valence-electron chi connectivity index (χ4n) is 2.17. The molecule has 4 heteroatoms. The minimum atomic E-state index is -0.200. The molecule has 1 aliphatic rings. The second-order valence-electron chi connectivity index (χ2n) is 4.95. The number of amides is 1. The van der Waals surface area contributed by atoms with Gasteiger partial charge in [0, 0.05) is 12.1 Å². The molecular weight excluding hydrogens is 270 g/mol. The second-order valence-corrected chi connectivity index (χ2v) is 6.10. The lowest BCUT2D eigenvalue weighted by molar-refractivity contribution is 0.0948. The largest absolute Gasteiger partial charge is 0.384 e. The van der Waals surface area contributed by atoms with Crippen LogP contribution >= 0.6 is 11.8 Å². The van der Waals surface area contributed by atoms with E-state index in [-0.39, 0.29) is 12.5 Å². The Morgan fingerprint density at radius 1 is 1.55 bits per heavy atom. The van der Waals surface area contributed by atoms with Crippen molar-refractivity contribution in [3.8, 4) is 11.8 Å². The van der Waals surface area contributed by atoms with Crippen molar-refractivity contribution in [3.63, 3.8) is 0 Å². The van der Waals surface area contributed by atoms with Gasteiger partial charge in [-0.3, -0.25) is 4.79 Å². The first kappa shape index (κ1) is 15.0. The van der Waals surface area contributed by atoms with Gasteiger partial charge in [-0.15, -0.1) is 0 Å². The van der Waals surface area contributed by atoms with Crippen LogP contribution in [0.3, 0.4) is 0 Å². The highest BCUT2D eigenvalue weighted by Gasteiger charge is 2.17. The summed E-state index contributed by atoms with van der Waals surface area (Å²) in [4.78, 5) is 12.3. The minimum absolute atomic E-state index is 0.0761. The number of nitrogens with one attached hydrogen (secondary N) is 1. The summed E-state index contributed by atoms with van der Waals surface area (Å²) in [5.74, 6) is 8.26. The number of carbonyl (C=O) groups is 1. The van der Waals surface area contributed by atoms with E-state index in [1.165, 1.54) is 12.2 Å². The van der Waals surface area contributed by atoms with Gasteiger partial charge in [0.2, 0.25) is 0 Å². The molecule has 2 rings (SSSR count). The average molecular weight is 289 g/mol. The van der Waals surface area contributed by atoms with Crippen molar-refractivity contribution in [1.82, 2.24) is 5.32 Å². The van der Waals surface area contributed by atoms with Crippen LogP contribution in [0.1, 0.15) is 27.9 Å². The zero-order valence-electron chi connectivity index (χ0n) is 11.6. The maximum Gasteiger partial charge on any atom is 0.252 e. The van der Waals surface area contributed by atoms with Crippen molar-refractivity contribution in [2.45, 2.75) is 13.3 Å². The lowest BCUT2D eigenvalue weighted by Crippen LogP contribution is -2.29. The first-order chi connectivity index (χ1) is 9.70. The van der Waals surface area contributed by atoms with E-state index in [1.807, 2.05) is 36.9 Å². The molecular formula is C16H19NO2S. The summed E-state index contributed by atoms with van der Waals surface area (Å²) in [5.41, 5.74) is 2.29. The average Bonchev–Trinajstić information content (AvgIpc) is 2.96. The predicted octanol–water partition coefficient (Wildman–Crippen LogP) is 1.82. The third kappa shape index (κ3) is 4.03. The second kappa shape index (κ2) is 7.37. The van der Waals surface area contributed by atoms with Gasteiger partial charge >= 0.3 is 0 Å². The summed E-state index contributed by atoms with van der Waals surface area (Å²) in [6.07, 6.45) is 1.18. The molecule has 1 unspecified atom stereocenters. The van der Waals surface area contributed by atoms with Crippen LogP contribution in [0.4, 0.5) is 0 Å². The van der Waals surface area contributed by atoms with Gasteiger partial charge in [0.1, 0.15) is 6.61 Å². The number of benzene rings is 1. The molecule has 1 aromatic carbocycles. The van der Waals surface area contributed by atoms with Crippen LogP contribution in [0.2, 0.25) is 0 Å². The number of hydrogen-bond donors (Lipinski definition) is 2. The normalized spacial score (nSPS) is 17.4. The Labute approximate surface area is 124 Å². The molecule has 1 heterocycles. The summed E-state index contributed by atoms with van der Waals surface area (Å²) < 4.78 is 0. The van der Waals surface area contributed by atoms with Crippen molar-refractivity contribution in [2.24, 2.45) is 5.92 Å². The number of rotatable bonds is 3. The maximum absolute atomic E-state index is 12.3. The fourth-order valence-corrected chi connectivity index (χ4v) is 3.45. The highest BCUT2D eigenvalue weighted by atomic mass is 32.2. The maximum atomic E-state index is 12.3. The molecule has 20 heavy (non-hydrogen) atoms. The Kier molecular flexibility index (Phi) is 5.51. The fraction of sp³-hybridized carbons (Fsp3) is 0.438. The van der Waals surface area contributed by atoms with Gasteiger partial charge in [0.15, 0.2) is 0 Å².